The van der Waals surface area contributed by atoms with Crippen LogP contribution in [0.15, 0.2) is 22.7 Å². The molecule has 0 unspecified atom stereocenters. The van der Waals surface area contributed by atoms with Crippen molar-refractivity contribution in [3.63, 3.8) is 0 Å². The van der Waals surface area contributed by atoms with Crippen LogP contribution >= 0.6 is 15.9 Å². The van der Waals surface area contributed by atoms with Crippen molar-refractivity contribution < 1.29 is 13.2 Å². The first-order valence-electron chi connectivity index (χ1n) is 4.49. The van der Waals surface area contributed by atoms with Gasteiger partial charge < -0.3 is 0 Å². The molecule has 15 heavy (non-hydrogen) atoms. The van der Waals surface area contributed by atoms with Crippen molar-refractivity contribution >= 4 is 15.9 Å². The van der Waals surface area contributed by atoms with E-state index in [2.05, 4.69) is 15.9 Å². The number of benzene rings is 1. The van der Waals surface area contributed by atoms with Gasteiger partial charge in [-0.2, -0.15) is 13.2 Å². The van der Waals surface area contributed by atoms with E-state index in [4.69, 9.17) is 0 Å². The summed E-state index contributed by atoms with van der Waals surface area (Å²) >= 11 is 3.10. The van der Waals surface area contributed by atoms with Crippen molar-refractivity contribution in [3.8, 4) is 0 Å². The van der Waals surface area contributed by atoms with Crippen LogP contribution in [0.25, 0.3) is 0 Å². The van der Waals surface area contributed by atoms with Crippen molar-refractivity contribution in [2.75, 3.05) is 0 Å². The van der Waals surface area contributed by atoms with Crippen molar-refractivity contribution in [1.82, 2.24) is 0 Å². The highest BCUT2D eigenvalue weighted by molar-refractivity contribution is 9.10. The molecule has 0 heterocycles. The predicted molar refractivity (Wildman–Crippen MR) is 57.8 cm³/mol. The Morgan fingerprint density at radius 2 is 1.40 bits per heavy atom. The topological polar surface area (TPSA) is 0 Å². The Labute approximate surface area is 95.6 Å². The summed E-state index contributed by atoms with van der Waals surface area (Å²) in [7, 11) is 0. The summed E-state index contributed by atoms with van der Waals surface area (Å²) in [5.74, 6) is 0. The molecular weight excluding hydrogens is 269 g/mol. The second-order valence-electron chi connectivity index (χ2n) is 4.48. The Balaban J connectivity index is 3.30. The lowest BCUT2D eigenvalue weighted by Gasteiger charge is -2.21. The van der Waals surface area contributed by atoms with Gasteiger partial charge in [-0.05, 0) is 29.2 Å². The van der Waals surface area contributed by atoms with Gasteiger partial charge in [0.05, 0.1) is 5.56 Å². The fourth-order valence-electron chi connectivity index (χ4n) is 1.19. The molecule has 1 aromatic rings. The molecule has 0 bridgehead atoms. The van der Waals surface area contributed by atoms with Gasteiger partial charge in [-0.3, -0.25) is 0 Å². The molecular formula is C11H12BrF3. The van der Waals surface area contributed by atoms with Crippen LogP contribution in [0.2, 0.25) is 0 Å². The van der Waals surface area contributed by atoms with Crippen LogP contribution in [0.4, 0.5) is 13.2 Å². The lowest BCUT2D eigenvalue weighted by molar-refractivity contribution is -0.137. The van der Waals surface area contributed by atoms with E-state index in [1.54, 1.807) is 6.07 Å². The Bertz CT molecular complexity index is 329. The summed E-state index contributed by atoms with van der Waals surface area (Å²) in [5, 5.41) is 0. The lowest BCUT2D eigenvalue weighted by atomic mass is 9.86. The monoisotopic (exact) mass is 280 g/mol. The third-order valence-electron chi connectivity index (χ3n) is 2.09. The highest BCUT2D eigenvalue weighted by atomic mass is 79.9. The molecule has 84 valence electrons. The zero-order chi connectivity index (χ0) is 11.9. The summed E-state index contributed by atoms with van der Waals surface area (Å²) < 4.78 is 38.0. The van der Waals surface area contributed by atoms with Gasteiger partial charge in [0.1, 0.15) is 0 Å². The predicted octanol–water partition coefficient (Wildman–Crippen LogP) is 4.77. The van der Waals surface area contributed by atoms with Crippen LogP contribution in [0.1, 0.15) is 31.9 Å². The molecule has 0 radical (unpaired) electrons. The molecule has 0 amide bonds. The maximum absolute atomic E-state index is 12.5. The van der Waals surface area contributed by atoms with Gasteiger partial charge >= 0.3 is 6.18 Å². The van der Waals surface area contributed by atoms with Crippen molar-refractivity contribution in [3.05, 3.63) is 33.8 Å². The molecule has 0 saturated carbocycles. The minimum absolute atomic E-state index is 0.288. The van der Waals surface area contributed by atoms with Crippen LogP contribution in [0, 0.1) is 0 Å². The second-order valence-corrected chi connectivity index (χ2v) is 5.39. The molecule has 4 heteroatoms. The molecule has 0 spiro atoms. The van der Waals surface area contributed by atoms with Crippen molar-refractivity contribution in [2.24, 2.45) is 0 Å². The number of rotatable bonds is 0. The standard InChI is InChI=1S/C11H12BrF3/c1-10(2,3)7-4-8(11(13,14)15)6-9(12)5-7/h4-6H,1-3H3. The number of hydrogen-bond donors (Lipinski definition) is 0. The quantitative estimate of drug-likeness (QED) is 0.642. The van der Waals surface area contributed by atoms with E-state index in [1.165, 1.54) is 6.07 Å². The molecule has 1 aromatic carbocycles. The van der Waals surface area contributed by atoms with Crippen LogP contribution in [0.3, 0.4) is 0 Å². The molecule has 0 fully saturated rings. The minimum atomic E-state index is -4.29. The molecule has 1 rings (SSSR count). The second kappa shape index (κ2) is 3.81. The summed E-state index contributed by atoms with van der Waals surface area (Å²) in [5.41, 5.74) is -0.227. The Morgan fingerprint density at radius 3 is 1.80 bits per heavy atom. The molecule has 0 N–H and O–H groups in total. The fraction of sp³-hybridized carbons (Fsp3) is 0.455. The van der Waals surface area contributed by atoms with E-state index >= 15 is 0 Å². The third-order valence-corrected chi connectivity index (χ3v) is 2.55. The zero-order valence-corrected chi connectivity index (χ0v) is 10.3. The first-order valence-corrected chi connectivity index (χ1v) is 5.28. The normalized spacial score (nSPS) is 13.0. The van der Waals surface area contributed by atoms with Gasteiger partial charge in [-0.25, -0.2) is 0 Å². The van der Waals surface area contributed by atoms with Gasteiger partial charge in [0, 0.05) is 4.47 Å². The van der Waals surface area contributed by atoms with Gasteiger partial charge in [-0.1, -0.05) is 36.7 Å². The van der Waals surface area contributed by atoms with Gasteiger partial charge in [0.2, 0.25) is 0 Å². The van der Waals surface area contributed by atoms with E-state index in [9.17, 15) is 13.2 Å². The highest BCUT2D eigenvalue weighted by Gasteiger charge is 2.32. The van der Waals surface area contributed by atoms with E-state index in [0.717, 1.165) is 6.07 Å². The first kappa shape index (κ1) is 12.6. The summed E-state index contributed by atoms with van der Waals surface area (Å²) in [6.45, 7) is 5.65. The lowest BCUT2D eigenvalue weighted by Crippen LogP contribution is -2.14. The maximum Gasteiger partial charge on any atom is 0.416 e. The third kappa shape index (κ3) is 3.23. The zero-order valence-electron chi connectivity index (χ0n) is 8.74. The molecule has 0 aromatic heterocycles. The molecule has 0 saturated heterocycles. The number of hydrogen-bond acceptors (Lipinski definition) is 0. The van der Waals surface area contributed by atoms with E-state index in [1.807, 2.05) is 20.8 Å². The summed E-state index contributed by atoms with van der Waals surface area (Å²) in [6.07, 6.45) is -4.29. The van der Waals surface area contributed by atoms with Crippen LogP contribution in [-0.2, 0) is 11.6 Å². The molecule has 0 aliphatic rings. The molecule has 0 nitrogen and oxygen atoms in total. The van der Waals surface area contributed by atoms with E-state index in [-0.39, 0.29) is 5.41 Å². The average Bonchev–Trinajstić information content (AvgIpc) is 1.99. The van der Waals surface area contributed by atoms with Crippen LogP contribution in [-0.4, -0.2) is 0 Å². The van der Waals surface area contributed by atoms with Crippen molar-refractivity contribution in [2.45, 2.75) is 32.4 Å². The van der Waals surface area contributed by atoms with Gasteiger partial charge in [0.15, 0.2) is 0 Å². The maximum atomic E-state index is 12.5. The fourth-order valence-corrected chi connectivity index (χ4v) is 1.68. The molecule has 0 atom stereocenters. The highest BCUT2D eigenvalue weighted by Crippen LogP contribution is 2.35. The Hall–Kier alpha value is -0.510. The summed E-state index contributed by atoms with van der Waals surface area (Å²) in [6, 6.07) is 4.01. The summed E-state index contributed by atoms with van der Waals surface area (Å²) in [4.78, 5) is 0. The van der Waals surface area contributed by atoms with Crippen LogP contribution < -0.4 is 0 Å². The van der Waals surface area contributed by atoms with Crippen molar-refractivity contribution in [1.29, 1.82) is 0 Å². The van der Waals surface area contributed by atoms with E-state index in [0.29, 0.717) is 10.0 Å². The largest absolute Gasteiger partial charge is 0.416 e. The molecule has 0 aliphatic heterocycles. The Morgan fingerprint density at radius 1 is 0.933 bits per heavy atom. The van der Waals surface area contributed by atoms with E-state index < -0.39 is 11.7 Å². The first-order chi connectivity index (χ1) is 6.60. The van der Waals surface area contributed by atoms with Gasteiger partial charge in [-0.15, -0.1) is 0 Å². The number of alkyl halides is 3. The minimum Gasteiger partial charge on any atom is -0.166 e. The average molecular weight is 281 g/mol. The van der Waals surface area contributed by atoms with Gasteiger partial charge in [0.25, 0.3) is 0 Å². The van der Waals surface area contributed by atoms with Crippen LogP contribution in [0.5, 0.6) is 0 Å². The SMILES string of the molecule is CC(C)(C)c1cc(Br)cc(C(F)(F)F)c1. The molecule has 0 aliphatic carbocycles. The smallest absolute Gasteiger partial charge is 0.166 e. The Kier molecular flexibility index (Phi) is 3.19. The number of halogens is 4.